The maximum atomic E-state index is 12.7. The second kappa shape index (κ2) is 6.72. The van der Waals surface area contributed by atoms with Crippen molar-refractivity contribution in [3.63, 3.8) is 0 Å². The van der Waals surface area contributed by atoms with Crippen molar-refractivity contribution in [3.05, 3.63) is 23.2 Å². The molecule has 1 fully saturated rings. The second-order valence-corrected chi connectivity index (χ2v) is 6.25. The Morgan fingerprint density at radius 3 is 2.70 bits per heavy atom. The fourth-order valence-corrected chi connectivity index (χ4v) is 2.86. The number of methoxy groups -OCH3 is 1. The summed E-state index contributed by atoms with van der Waals surface area (Å²) in [5.74, 6) is -1.07. The number of hydrogen-bond acceptors (Lipinski definition) is 5. The minimum atomic E-state index is -1.09. The van der Waals surface area contributed by atoms with Crippen molar-refractivity contribution in [2.24, 2.45) is 0 Å². The summed E-state index contributed by atoms with van der Waals surface area (Å²) in [6.45, 7) is 6.74. The average Bonchev–Trinajstić information content (AvgIpc) is 2.89. The predicted molar refractivity (Wildman–Crippen MR) is 81.8 cm³/mol. The highest BCUT2D eigenvalue weighted by Crippen LogP contribution is 2.24. The zero-order valence-corrected chi connectivity index (χ0v) is 13.9. The van der Waals surface area contributed by atoms with Gasteiger partial charge in [0, 0.05) is 32.7 Å². The molecule has 7 nitrogen and oxygen atoms in total. The number of carboxylic acids is 1. The number of aryl methyl sites for hydroxylation is 1. The molecule has 2 heterocycles. The van der Waals surface area contributed by atoms with Gasteiger partial charge >= 0.3 is 5.97 Å². The number of morpholine rings is 1. The highest BCUT2D eigenvalue weighted by molar-refractivity contribution is 5.96. The highest BCUT2D eigenvalue weighted by Gasteiger charge is 2.37. The van der Waals surface area contributed by atoms with Gasteiger partial charge in [0.25, 0.3) is 5.91 Å². The van der Waals surface area contributed by atoms with Crippen LogP contribution >= 0.6 is 0 Å². The molecule has 7 heteroatoms. The molecule has 0 saturated carbocycles. The van der Waals surface area contributed by atoms with E-state index in [1.165, 1.54) is 6.07 Å². The fraction of sp³-hybridized carbons (Fsp3) is 0.625. The number of furan rings is 1. The maximum Gasteiger partial charge on any atom is 0.339 e. The van der Waals surface area contributed by atoms with Gasteiger partial charge in [0.1, 0.15) is 11.3 Å². The molecule has 1 aliphatic rings. The summed E-state index contributed by atoms with van der Waals surface area (Å²) < 4.78 is 16.5. The number of hydrogen-bond donors (Lipinski definition) is 1. The SMILES string of the molecule is CCc1oc(C(=O)N2CC(COC)OC(C)(C)C2)cc1C(=O)O. The molecule has 1 aromatic rings. The molecule has 1 saturated heterocycles. The lowest BCUT2D eigenvalue weighted by Gasteiger charge is -2.42. The van der Waals surface area contributed by atoms with Gasteiger partial charge in [-0.25, -0.2) is 4.79 Å². The Bertz CT molecular complexity index is 591. The van der Waals surface area contributed by atoms with E-state index in [0.29, 0.717) is 31.9 Å². The lowest BCUT2D eigenvalue weighted by atomic mass is 10.0. The largest absolute Gasteiger partial charge is 0.478 e. The van der Waals surface area contributed by atoms with Crippen LogP contribution in [0.25, 0.3) is 0 Å². The third kappa shape index (κ3) is 3.92. The van der Waals surface area contributed by atoms with E-state index in [-0.39, 0.29) is 23.3 Å². The van der Waals surface area contributed by atoms with Crippen molar-refractivity contribution in [1.82, 2.24) is 4.90 Å². The quantitative estimate of drug-likeness (QED) is 0.888. The second-order valence-electron chi connectivity index (χ2n) is 6.25. The van der Waals surface area contributed by atoms with E-state index in [9.17, 15) is 14.7 Å². The van der Waals surface area contributed by atoms with Crippen molar-refractivity contribution in [2.75, 3.05) is 26.8 Å². The van der Waals surface area contributed by atoms with Crippen LogP contribution in [-0.4, -0.2) is 60.4 Å². The Morgan fingerprint density at radius 2 is 2.17 bits per heavy atom. The molecule has 1 amide bonds. The fourth-order valence-electron chi connectivity index (χ4n) is 2.86. The Kier molecular flexibility index (Phi) is 5.11. The molecule has 0 bridgehead atoms. The van der Waals surface area contributed by atoms with Crippen molar-refractivity contribution < 1.29 is 28.6 Å². The van der Waals surface area contributed by atoms with Crippen LogP contribution in [0.3, 0.4) is 0 Å². The molecule has 128 valence electrons. The molecule has 2 rings (SSSR count). The molecule has 1 unspecified atom stereocenters. The van der Waals surface area contributed by atoms with Crippen molar-refractivity contribution in [2.45, 2.75) is 38.9 Å². The molecule has 0 aromatic carbocycles. The first-order chi connectivity index (χ1) is 10.8. The molecule has 0 aliphatic carbocycles. The van der Waals surface area contributed by atoms with Crippen LogP contribution in [0, 0.1) is 0 Å². The van der Waals surface area contributed by atoms with Crippen molar-refractivity contribution in [1.29, 1.82) is 0 Å². The van der Waals surface area contributed by atoms with E-state index < -0.39 is 11.6 Å². The molecule has 23 heavy (non-hydrogen) atoms. The van der Waals surface area contributed by atoms with Gasteiger partial charge in [-0.1, -0.05) is 6.92 Å². The molecule has 0 radical (unpaired) electrons. The topological polar surface area (TPSA) is 89.2 Å². The van der Waals surface area contributed by atoms with E-state index >= 15 is 0 Å². The van der Waals surface area contributed by atoms with Gasteiger partial charge < -0.3 is 23.9 Å². The van der Waals surface area contributed by atoms with Gasteiger partial charge in [-0.2, -0.15) is 0 Å². The molecular weight excluding hydrogens is 302 g/mol. The van der Waals surface area contributed by atoms with E-state index in [4.69, 9.17) is 13.9 Å². The van der Waals surface area contributed by atoms with Crippen LogP contribution in [0.15, 0.2) is 10.5 Å². The lowest BCUT2D eigenvalue weighted by molar-refractivity contribution is -0.143. The smallest absolute Gasteiger partial charge is 0.339 e. The standard InChI is InChI=1S/C16H23NO6/c1-5-12-11(15(19)20)6-13(22-12)14(18)17-7-10(8-21-4)23-16(2,3)9-17/h6,10H,5,7-9H2,1-4H3,(H,19,20). The number of aromatic carboxylic acids is 1. The van der Waals surface area contributed by atoms with Crippen LogP contribution in [0.1, 0.15) is 47.4 Å². The Morgan fingerprint density at radius 1 is 1.48 bits per heavy atom. The van der Waals surface area contributed by atoms with Crippen LogP contribution < -0.4 is 0 Å². The number of carbonyl (C=O) groups excluding carboxylic acids is 1. The van der Waals surface area contributed by atoms with Crippen molar-refractivity contribution >= 4 is 11.9 Å². The zero-order chi connectivity index (χ0) is 17.2. The van der Waals surface area contributed by atoms with Gasteiger partial charge in [-0.15, -0.1) is 0 Å². The number of nitrogens with zero attached hydrogens (tertiary/aromatic N) is 1. The molecule has 1 N–H and O–H groups in total. The number of carbonyl (C=O) groups is 2. The molecule has 0 spiro atoms. The predicted octanol–water partition coefficient (Wildman–Crippen LogP) is 1.81. The van der Waals surface area contributed by atoms with Gasteiger partial charge in [-0.3, -0.25) is 4.79 Å². The maximum absolute atomic E-state index is 12.7. The third-order valence-corrected chi connectivity index (χ3v) is 3.69. The molecule has 1 atom stereocenters. The summed E-state index contributed by atoms with van der Waals surface area (Å²) in [6.07, 6.45) is 0.183. The monoisotopic (exact) mass is 325 g/mol. The van der Waals surface area contributed by atoms with Gasteiger partial charge in [0.2, 0.25) is 0 Å². The molecule has 1 aromatic heterocycles. The average molecular weight is 325 g/mol. The summed E-state index contributed by atoms with van der Waals surface area (Å²) in [6, 6.07) is 1.30. The number of amides is 1. The van der Waals surface area contributed by atoms with Crippen LogP contribution in [-0.2, 0) is 15.9 Å². The van der Waals surface area contributed by atoms with Crippen LogP contribution in [0.5, 0.6) is 0 Å². The summed E-state index contributed by atoms with van der Waals surface area (Å²) in [5, 5.41) is 9.18. The Labute approximate surface area is 135 Å². The number of ether oxygens (including phenoxy) is 2. The van der Waals surface area contributed by atoms with Gasteiger partial charge in [-0.05, 0) is 13.8 Å². The van der Waals surface area contributed by atoms with Crippen LogP contribution in [0.4, 0.5) is 0 Å². The third-order valence-electron chi connectivity index (χ3n) is 3.69. The molecule has 1 aliphatic heterocycles. The minimum absolute atomic E-state index is 0.0387. The zero-order valence-electron chi connectivity index (χ0n) is 13.9. The van der Waals surface area contributed by atoms with Crippen molar-refractivity contribution in [3.8, 4) is 0 Å². The molecular formula is C16H23NO6. The summed E-state index contributed by atoms with van der Waals surface area (Å²) >= 11 is 0. The first-order valence-electron chi connectivity index (χ1n) is 7.59. The first kappa shape index (κ1) is 17.5. The van der Waals surface area contributed by atoms with E-state index in [0.717, 1.165) is 0 Å². The summed E-state index contributed by atoms with van der Waals surface area (Å²) in [4.78, 5) is 25.5. The Hall–Kier alpha value is -1.86. The van der Waals surface area contributed by atoms with E-state index in [1.807, 2.05) is 13.8 Å². The van der Waals surface area contributed by atoms with Gasteiger partial charge in [0.05, 0.1) is 18.3 Å². The number of rotatable bonds is 5. The normalized spacial score (nSPS) is 20.5. The first-order valence-corrected chi connectivity index (χ1v) is 7.59. The van der Waals surface area contributed by atoms with E-state index in [2.05, 4.69) is 0 Å². The number of carboxylic acid groups (broad SMARTS) is 1. The van der Waals surface area contributed by atoms with Gasteiger partial charge in [0.15, 0.2) is 5.76 Å². The highest BCUT2D eigenvalue weighted by atomic mass is 16.5. The lowest BCUT2D eigenvalue weighted by Crippen LogP contribution is -2.55. The summed E-state index contributed by atoms with van der Waals surface area (Å²) in [5.41, 5.74) is -0.468. The van der Waals surface area contributed by atoms with Crippen LogP contribution in [0.2, 0.25) is 0 Å². The Balaban J connectivity index is 2.23. The summed E-state index contributed by atoms with van der Waals surface area (Å²) in [7, 11) is 1.58. The van der Waals surface area contributed by atoms with E-state index in [1.54, 1.807) is 18.9 Å². The minimum Gasteiger partial charge on any atom is -0.478 e.